The molecule has 1 amide bonds. The number of fused-ring (bicyclic) bond motifs is 1. The van der Waals surface area contributed by atoms with E-state index in [0.29, 0.717) is 12.0 Å². The molecular formula is C17H21IN2O2. The van der Waals surface area contributed by atoms with Crippen LogP contribution in [0.25, 0.3) is 10.9 Å². The zero-order valence-corrected chi connectivity index (χ0v) is 15.2. The molecule has 1 aromatic carbocycles. The first-order valence-electron chi connectivity index (χ1n) is 7.58. The van der Waals surface area contributed by atoms with E-state index in [1.807, 2.05) is 64.9 Å². The number of aryl methyl sites for hydroxylation is 1. The number of Topliss-reactive ketones (excluding diaryl/α,β-unsaturated/α-hetero) is 1. The van der Waals surface area contributed by atoms with E-state index in [0.717, 1.165) is 30.2 Å². The van der Waals surface area contributed by atoms with Crippen molar-refractivity contribution < 1.29 is 9.59 Å². The lowest BCUT2D eigenvalue weighted by Crippen LogP contribution is -2.26. The Balaban J connectivity index is 2.06. The van der Waals surface area contributed by atoms with Crippen LogP contribution in [0.1, 0.15) is 43.0 Å². The van der Waals surface area contributed by atoms with E-state index >= 15 is 0 Å². The highest BCUT2D eigenvalue weighted by atomic mass is 127. The molecule has 0 N–H and O–H groups in total. The summed E-state index contributed by atoms with van der Waals surface area (Å²) < 4.78 is 3.46. The van der Waals surface area contributed by atoms with Crippen molar-refractivity contribution >= 4 is 45.5 Å². The Bertz CT molecular complexity index is 678. The molecule has 0 aliphatic heterocycles. The van der Waals surface area contributed by atoms with Gasteiger partial charge >= 0.3 is 0 Å². The van der Waals surface area contributed by atoms with Crippen molar-refractivity contribution in [3.05, 3.63) is 36.0 Å². The van der Waals surface area contributed by atoms with Gasteiger partial charge in [-0.2, -0.15) is 0 Å². The van der Waals surface area contributed by atoms with E-state index in [1.54, 1.807) is 0 Å². The van der Waals surface area contributed by atoms with Gasteiger partial charge in [-0.25, -0.2) is 0 Å². The molecule has 0 bridgehead atoms. The van der Waals surface area contributed by atoms with Gasteiger partial charge in [-0.15, -0.1) is 0 Å². The Kier molecular flexibility index (Phi) is 5.99. The molecule has 1 heterocycles. The van der Waals surface area contributed by atoms with Crippen molar-refractivity contribution in [2.75, 3.05) is 6.54 Å². The zero-order valence-electron chi connectivity index (χ0n) is 13.0. The predicted octanol–water partition coefficient (Wildman–Crippen LogP) is 4.12. The Morgan fingerprint density at radius 2 is 1.95 bits per heavy atom. The molecule has 5 heteroatoms. The molecule has 0 aliphatic rings. The van der Waals surface area contributed by atoms with Crippen LogP contribution in [0.2, 0.25) is 0 Å². The highest BCUT2D eigenvalue weighted by Crippen LogP contribution is 2.21. The van der Waals surface area contributed by atoms with Crippen LogP contribution >= 0.6 is 22.9 Å². The Morgan fingerprint density at radius 3 is 2.68 bits per heavy atom. The summed E-state index contributed by atoms with van der Waals surface area (Å²) in [5.74, 6) is 0.0117. The van der Waals surface area contributed by atoms with Gasteiger partial charge in [0.15, 0.2) is 5.78 Å². The standard InChI is InChI=1S/C17H21IN2O2/c1-3-4-5-10-17(22)20(18)12-16(21)14-11-19(2)15-9-7-6-8-13(14)15/h6-9,11H,3-5,10,12H2,1-2H3. The van der Waals surface area contributed by atoms with Crippen LogP contribution in [0.4, 0.5) is 0 Å². The molecule has 0 aliphatic carbocycles. The van der Waals surface area contributed by atoms with E-state index < -0.39 is 0 Å². The second kappa shape index (κ2) is 7.76. The second-order valence-electron chi connectivity index (χ2n) is 5.47. The maximum Gasteiger partial charge on any atom is 0.231 e. The van der Waals surface area contributed by atoms with Crippen molar-refractivity contribution in [2.45, 2.75) is 32.6 Å². The fourth-order valence-corrected chi connectivity index (χ4v) is 3.06. The van der Waals surface area contributed by atoms with Crippen LogP contribution in [0.5, 0.6) is 0 Å². The van der Waals surface area contributed by atoms with Crippen LogP contribution in [-0.2, 0) is 11.8 Å². The van der Waals surface area contributed by atoms with Gasteiger partial charge in [-0.1, -0.05) is 38.0 Å². The topological polar surface area (TPSA) is 42.3 Å². The summed E-state index contributed by atoms with van der Waals surface area (Å²) in [5, 5.41) is 0.943. The minimum Gasteiger partial charge on any atom is -0.350 e. The number of aromatic nitrogens is 1. The summed E-state index contributed by atoms with van der Waals surface area (Å²) in [6.07, 6.45) is 5.38. The molecule has 0 saturated carbocycles. The van der Waals surface area contributed by atoms with Gasteiger partial charge in [0.05, 0.1) is 29.4 Å². The number of hydrogen-bond acceptors (Lipinski definition) is 2. The normalized spacial score (nSPS) is 10.9. The number of hydrogen-bond donors (Lipinski definition) is 0. The number of nitrogens with zero attached hydrogens (tertiary/aromatic N) is 2. The summed E-state index contributed by atoms with van der Waals surface area (Å²) in [6, 6.07) is 7.82. The third-order valence-electron chi connectivity index (χ3n) is 3.74. The smallest absolute Gasteiger partial charge is 0.231 e. The Hall–Kier alpha value is -1.37. The van der Waals surface area contributed by atoms with E-state index in [9.17, 15) is 9.59 Å². The third-order valence-corrected chi connectivity index (χ3v) is 4.62. The van der Waals surface area contributed by atoms with Crippen LogP contribution in [0.3, 0.4) is 0 Å². The molecular weight excluding hydrogens is 391 g/mol. The minimum atomic E-state index is -0.0185. The van der Waals surface area contributed by atoms with E-state index in [2.05, 4.69) is 6.92 Å². The fraction of sp³-hybridized carbons (Fsp3) is 0.412. The van der Waals surface area contributed by atoms with Crippen LogP contribution in [0.15, 0.2) is 30.5 Å². The van der Waals surface area contributed by atoms with Gasteiger partial charge in [0.2, 0.25) is 5.91 Å². The number of halogens is 1. The maximum absolute atomic E-state index is 12.5. The monoisotopic (exact) mass is 412 g/mol. The molecule has 0 radical (unpaired) electrons. The Labute approximate surface area is 145 Å². The number of unbranched alkanes of at least 4 members (excludes halogenated alkanes) is 2. The summed E-state index contributed by atoms with van der Waals surface area (Å²) >= 11 is 1.95. The number of ketones is 1. The van der Waals surface area contributed by atoms with Crippen molar-refractivity contribution in [2.24, 2.45) is 7.05 Å². The molecule has 0 unspecified atom stereocenters. The quantitative estimate of drug-likeness (QED) is 0.297. The van der Waals surface area contributed by atoms with Crippen LogP contribution in [0, 0.1) is 0 Å². The average Bonchev–Trinajstić information content (AvgIpc) is 2.85. The van der Waals surface area contributed by atoms with Gasteiger partial charge in [0.25, 0.3) is 0 Å². The summed E-state index contributed by atoms with van der Waals surface area (Å²) in [7, 11) is 1.93. The predicted molar refractivity (Wildman–Crippen MR) is 97.1 cm³/mol. The molecule has 118 valence electrons. The molecule has 0 spiro atoms. The second-order valence-corrected chi connectivity index (χ2v) is 6.63. The minimum absolute atomic E-state index is 0.0185. The molecule has 0 atom stereocenters. The van der Waals surface area contributed by atoms with E-state index in [1.165, 1.54) is 3.11 Å². The molecule has 0 fully saturated rings. The number of benzene rings is 1. The van der Waals surface area contributed by atoms with E-state index in [4.69, 9.17) is 0 Å². The lowest BCUT2D eigenvalue weighted by atomic mass is 10.1. The van der Waals surface area contributed by atoms with Crippen molar-refractivity contribution in [3.63, 3.8) is 0 Å². The molecule has 2 aromatic rings. The van der Waals surface area contributed by atoms with Gasteiger partial charge in [-0.05, 0) is 12.5 Å². The summed E-state index contributed by atoms with van der Waals surface area (Å²) in [5.41, 5.74) is 1.71. The number of rotatable bonds is 7. The number of para-hydroxylation sites is 1. The Morgan fingerprint density at radius 1 is 1.23 bits per heavy atom. The van der Waals surface area contributed by atoms with Crippen molar-refractivity contribution in [1.29, 1.82) is 0 Å². The van der Waals surface area contributed by atoms with Gasteiger partial charge < -0.3 is 4.57 Å². The first-order valence-corrected chi connectivity index (χ1v) is 8.54. The highest BCUT2D eigenvalue weighted by molar-refractivity contribution is 14.1. The molecule has 22 heavy (non-hydrogen) atoms. The highest BCUT2D eigenvalue weighted by Gasteiger charge is 2.18. The summed E-state index contributed by atoms with van der Waals surface area (Å²) in [6.45, 7) is 2.23. The van der Waals surface area contributed by atoms with Gasteiger partial charge in [0, 0.05) is 36.1 Å². The SMILES string of the molecule is CCCCCC(=O)N(I)CC(=O)c1cn(C)c2ccccc12. The largest absolute Gasteiger partial charge is 0.350 e. The number of carbonyl (C=O) groups is 2. The summed E-state index contributed by atoms with van der Waals surface area (Å²) in [4.78, 5) is 24.5. The third kappa shape index (κ3) is 3.88. The van der Waals surface area contributed by atoms with Crippen LogP contribution in [-0.4, -0.2) is 25.9 Å². The molecule has 4 nitrogen and oxygen atoms in total. The lowest BCUT2D eigenvalue weighted by molar-refractivity contribution is -0.125. The first-order chi connectivity index (χ1) is 10.5. The fourth-order valence-electron chi connectivity index (χ4n) is 2.51. The van der Waals surface area contributed by atoms with Crippen molar-refractivity contribution in [3.8, 4) is 0 Å². The lowest BCUT2D eigenvalue weighted by Gasteiger charge is -2.13. The maximum atomic E-state index is 12.5. The number of carbonyl (C=O) groups excluding carboxylic acids is 2. The average molecular weight is 412 g/mol. The van der Waals surface area contributed by atoms with Crippen LogP contribution < -0.4 is 0 Å². The van der Waals surface area contributed by atoms with Gasteiger partial charge in [-0.3, -0.25) is 12.7 Å². The first kappa shape index (κ1) is 17.0. The number of amides is 1. The molecule has 1 aromatic heterocycles. The zero-order chi connectivity index (χ0) is 16.1. The molecule has 2 rings (SSSR count). The molecule has 0 saturated heterocycles. The van der Waals surface area contributed by atoms with Gasteiger partial charge in [0.1, 0.15) is 0 Å². The van der Waals surface area contributed by atoms with E-state index in [-0.39, 0.29) is 18.2 Å². The van der Waals surface area contributed by atoms with Crippen molar-refractivity contribution in [1.82, 2.24) is 7.68 Å².